The summed E-state index contributed by atoms with van der Waals surface area (Å²) >= 11 is 2.03. The van der Waals surface area contributed by atoms with E-state index in [4.69, 9.17) is 0 Å². The van der Waals surface area contributed by atoms with Crippen LogP contribution >= 0.6 is 22.6 Å². The summed E-state index contributed by atoms with van der Waals surface area (Å²) in [7, 11) is 0. The number of phenolic OH excluding ortho intramolecular Hbond substituents is 1. The third-order valence-corrected chi connectivity index (χ3v) is 3.49. The van der Waals surface area contributed by atoms with Crippen LogP contribution in [0.25, 0.3) is 0 Å². The summed E-state index contributed by atoms with van der Waals surface area (Å²) in [6.45, 7) is 4.13. The summed E-state index contributed by atoms with van der Waals surface area (Å²) in [5.74, 6) is 0.0276. The lowest BCUT2D eigenvalue weighted by molar-refractivity contribution is 0.0937. The van der Waals surface area contributed by atoms with Crippen LogP contribution in [0.15, 0.2) is 18.2 Å². The van der Waals surface area contributed by atoms with Gasteiger partial charge in [-0.15, -0.1) is 0 Å². The van der Waals surface area contributed by atoms with E-state index in [-0.39, 0.29) is 17.7 Å². The van der Waals surface area contributed by atoms with E-state index in [1.54, 1.807) is 12.1 Å². The molecule has 0 aliphatic heterocycles. The van der Waals surface area contributed by atoms with Crippen LogP contribution in [0.3, 0.4) is 0 Å². The van der Waals surface area contributed by atoms with E-state index in [1.165, 1.54) is 6.07 Å². The molecule has 4 heteroatoms. The number of unbranched alkanes of at least 4 members (excludes halogenated alkanes) is 1. The molecule has 1 amide bonds. The number of rotatable bonds is 5. The molecule has 0 saturated heterocycles. The third-order valence-electron chi connectivity index (χ3n) is 2.58. The summed E-state index contributed by atoms with van der Waals surface area (Å²) in [4.78, 5) is 11.9. The number of halogens is 1. The van der Waals surface area contributed by atoms with Crippen LogP contribution in [-0.2, 0) is 0 Å². The van der Waals surface area contributed by atoms with Gasteiger partial charge in [0.15, 0.2) is 0 Å². The number of hydrogen-bond donors (Lipinski definition) is 2. The molecule has 1 aromatic carbocycles. The first-order chi connectivity index (χ1) is 8.04. The maximum Gasteiger partial charge on any atom is 0.251 e. The molecule has 0 aliphatic carbocycles. The first-order valence-electron chi connectivity index (χ1n) is 5.84. The Labute approximate surface area is 116 Å². The molecule has 1 unspecified atom stereocenters. The fourth-order valence-corrected chi connectivity index (χ4v) is 1.88. The largest absolute Gasteiger partial charge is 0.507 e. The highest BCUT2D eigenvalue weighted by Gasteiger charge is 2.10. The summed E-state index contributed by atoms with van der Waals surface area (Å²) in [5.41, 5.74) is 0.506. The molecule has 0 bridgehead atoms. The Hall–Kier alpha value is -0.780. The van der Waals surface area contributed by atoms with Crippen molar-refractivity contribution in [2.75, 3.05) is 0 Å². The van der Waals surface area contributed by atoms with Crippen LogP contribution in [0.5, 0.6) is 5.75 Å². The highest BCUT2D eigenvalue weighted by atomic mass is 127. The lowest BCUT2D eigenvalue weighted by Crippen LogP contribution is -2.32. The van der Waals surface area contributed by atoms with Crippen molar-refractivity contribution in [3.63, 3.8) is 0 Å². The smallest absolute Gasteiger partial charge is 0.251 e. The summed E-state index contributed by atoms with van der Waals surface area (Å²) < 4.78 is 0.748. The van der Waals surface area contributed by atoms with Crippen molar-refractivity contribution >= 4 is 28.5 Å². The van der Waals surface area contributed by atoms with Gasteiger partial charge >= 0.3 is 0 Å². The lowest BCUT2D eigenvalue weighted by Gasteiger charge is -2.13. The molecule has 1 rings (SSSR count). The van der Waals surface area contributed by atoms with Gasteiger partial charge in [0, 0.05) is 11.6 Å². The number of aromatic hydroxyl groups is 1. The van der Waals surface area contributed by atoms with Crippen LogP contribution in [-0.4, -0.2) is 17.1 Å². The van der Waals surface area contributed by atoms with Gasteiger partial charge in [0.05, 0.1) is 3.57 Å². The number of hydrogen-bond acceptors (Lipinski definition) is 2. The van der Waals surface area contributed by atoms with Gasteiger partial charge in [-0.2, -0.15) is 0 Å². The molecule has 0 heterocycles. The topological polar surface area (TPSA) is 49.3 Å². The van der Waals surface area contributed by atoms with E-state index in [9.17, 15) is 9.90 Å². The van der Waals surface area contributed by atoms with Crippen molar-refractivity contribution in [2.24, 2.45) is 0 Å². The van der Waals surface area contributed by atoms with Crippen LogP contribution in [0.1, 0.15) is 43.5 Å². The second-order valence-corrected chi connectivity index (χ2v) is 5.35. The number of carbonyl (C=O) groups excluding carboxylic acids is 1. The molecule has 17 heavy (non-hydrogen) atoms. The van der Waals surface area contributed by atoms with Crippen LogP contribution in [0.4, 0.5) is 0 Å². The molecule has 0 fully saturated rings. The standard InChI is InChI=1S/C13H18INO2/c1-3-4-5-9(2)15-13(17)10-6-7-11(14)12(16)8-10/h6-9,16H,3-5H2,1-2H3,(H,15,17). The van der Waals surface area contributed by atoms with E-state index in [1.807, 2.05) is 29.5 Å². The van der Waals surface area contributed by atoms with E-state index in [0.29, 0.717) is 5.56 Å². The lowest BCUT2D eigenvalue weighted by atomic mass is 10.1. The highest BCUT2D eigenvalue weighted by Crippen LogP contribution is 2.20. The van der Waals surface area contributed by atoms with E-state index < -0.39 is 0 Å². The maximum absolute atomic E-state index is 11.9. The second-order valence-electron chi connectivity index (χ2n) is 4.18. The highest BCUT2D eigenvalue weighted by molar-refractivity contribution is 14.1. The molecule has 1 aromatic rings. The average Bonchev–Trinajstić information content (AvgIpc) is 2.30. The first-order valence-corrected chi connectivity index (χ1v) is 6.91. The molecule has 0 aromatic heterocycles. The van der Waals surface area contributed by atoms with Crippen molar-refractivity contribution in [2.45, 2.75) is 39.2 Å². The number of nitrogens with one attached hydrogen (secondary N) is 1. The zero-order valence-electron chi connectivity index (χ0n) is 10.2. The fraction of sp³-hybridized carbons (Fsp3) is 0.462. The predicted octanol–water partition coefficient (Wildman–Crippen LogP) is 3.31. The summed E-state index contributed by atoms with van der Waals surface area (Å²) in [6, 6.07) is 5.14. The zero-order chi connectivity index (χ0) is 12.8. The Morgan fingerprint density at radius 1 is 1.53 bits per heavy atom. The van der Waals surface area contributed by atoms with Gasteiger partial charge in [-0.3, -0.25) is 4.79 Å². The van der Waals surface area contributed by atoms with Gasteiger partial charge in [0.25, 0.3) is 5.91 Å². The minimum atomic E-state index is -0.125. The van der Waals surface area contributed by atoms with Crippen molar-refractivity contribution < 1.29 is 9.90 Å². The van der Waals surface area contributed by atoms with Crippen molar-refractivity contribution in [1.29, 1.82) is 0 Å². The van der Waals surface area contributed by atoms with Crippen molar-refractivity contribution in [3.8, 4) is 5.75 Å². The number of phenols is 1. The Bertz CT molecular complexity index is 393. The number of carbonyl (C=O) groups is 1. The number of benzene rings is 1. The third kappa shape index (κ3) is 4.53. The Morgan fingerprint density at radius 3 is 2.82 bits per heavy atom. The van der Waals surface area contributed by atoms with Gasteiger partial charge in [0.1, 0.15) is 5.75 Å². The second kappa shape index (κ2) is 6.83. The van der Waals surface area contributed by atoms with Crippen LogP contribution in [0, 0.1) is 3.57 Å². The van der Waals surface area contributed by atoms with Crippen LogP contribution in [0.2, 0.25) is 0 Å². The molecule has 3 nitrogen and oxygen atoms in total. The molecular weight excluding hydrogens is 329 g/mol. The van der Waals surface area contributed by atoms with Crippen LogP contribution < -0.4 is 5.32 Å². The van der Waals surface area contributed by atoms with E-state index >= 15 is 0 Å². The van der Waals surface area contributed by atoms with Crippen molar-refractivity contribution in [1.82, 2.24) is 5.32 Å². The average molecular weight is 347 g/mol. The minimum absolute atomic E-state index is 0.125. The minimum Gasteiger partial charge on any atom is -0.507 e. The molecule has 1 atom stereocenters. The monoisotopic (exact) mass is 347 g/mol. The quantitative estimate of drug-likeness (QED) is 0.803. The van der Waals surface area contributed by atoms with E-state index in [2.05, 4.69) is 12.2 Å². The summed E-state index contributed by atoms with van der Waals surface area (Å²) in [5, 5.41) is 12.5. The van der Waals surface area contributed by atoms with Gasteiger partial charge < -0.3 is 10.4 Å². The van der Waals surface area contributed by atoms with E-state index in [0.717, 1.165) is 22.8 Å². The molecule has 94 valence electrons. The predicted molar refractivity (Wildman–Crippen MR) is 77.3 cm³/mol. The zero-order valence-corrected chi connectivity index (χ0v) is 12.3. The molecule has 0 saturated carbocycles. The first kappa shape index (κ1) is 14.3. The van der Waals surface area contributed by atoms with Gasteiger partial charge in [-0.25, -0.2) is 0 Å². The molecule has 0 spiro atoms. The number of amides is 1. The molecule has 2 N–H and O–H groups in total. The fourth-order valence-electron chi connectivity index (χ4n) is 1.54. The Balaban J connectivity index is 2.60. The Kier molecular flexibility index (Phi) is 5.74. The van der Waals surface area contributed by atoms with Gasteiger partial charge in [0.2, 0.25) is 0 Å². The normalized spacial score (nSPS) is 12.2. The summed E-state index contributed by atoms with van der Waals surface area (Å²) in [6.07, 6.45) is 3.22. The molecule has 0 radical (unpaired) electrons. The maximum atomic E-state index is 11.9. The Morgan fingerprint density at radius 2 is 2.24 bits per heavy atom. The van der Waals surface area contributed by atoms with Gasteiger partial charge in [-0.05, 0) is 54.1 Å². The molecular formula is C13H18INO2. The molecule has 0 aliphatic rings. The van der Waals surface area contributed by atoms with Gasteiger partial charge in [-0.1, -0.05) is 19.8 Å². The SMILES string of the molecule is CCCCC(C)NC(=O)c1ccc(I)c(O)c1. The van der Waals surface area contributed by atoms with Crippen molar-refractivity contribution in [3.05, 3.63) is 27.3 Å².